The molecule has 0 bridgehead atoms. The van der Waals surface area contributed by atoms with E-state index in [2.05, 4.69) is 24.1 Å². The second-order valence-electron chi connectivity index (χ2n) is 5.49. The summed E-state index contributed by atoms with van der Waals surface area (Å²) in [6.45, 7) is 7.43. The lowest BCUT2D eigenvalue weighted by Crippen LogP contribution is -2.43. The summed E-state index contributed by atoms with van der Waals surface area (Å²) >= 11 is 5.00. The van der Waals surface area contributed by atoms with Gasteiger partial charge in [0.25, 0.3) is 0 Å². The molecule has 0 radical (unpaired) electrons. The van der Waals surface area contributed by atoms with Crippen molar-refractivity contribution in [2.45, 2.75) is 33.1 Å². The number of thiocarbonyl (C=S) groups is 1. The maximum Gasteiger partial charge on any atom is 0.234 e. The van der Waals surface area contributed by atoms with E-state index >= 15 is 0 Å². The highest BCUT2D eigenvalue weighted by molar-refractivity contribution is 7.80. The van der Waals surface area contributed by atoms with Crippen LogP contribution in [0.2, 0.25) is 0 Å². The number of amides is 1. The summed E-state index contributed by atoms with van der Waals surface area (Å²) in [5.41, 5.74) is 5.64. The molecular formula is C13H25N3OS. The Morgan fingerprint density at radius 3 is 2.56 bits per heavy atom. The molecule has 0 saturated carbocycles. The molecule has 0 aromatic heterocycles. The average Bonchev–Trinajstić information content (AvgIpc) is 2.29. The van der Waals surface area contributed by atoms with Gasteiger partial charge in [0, 0.05) is 12.5 Å². The Labute approximate surface area is 115 Å². The number of rotatable bonds is 6. The van der Waals surface area contributed by atoms with Gasteiger partial charge in [-0.15, -0.1) is 0 Å². The molecule has 1 aliphatic heterocycles. The van der Waals surface area contributed by atoms with E-state index in [0.29, 0.717) is 23.4 Å². The van der Waals surface area contributed by atoms with Crippen LogP contribution in [0.25, 0.3) is 0 Å². The number of nitrogens with two attached hydrogens (primary N) is 1. The zero-order valence-corrected chi connectivity index (χ0v) is 12.3. The molecule has 1 fully saturated rings. The van der Waals surface area contributed by atoms with Gasteiger partial charge >= 0.3 is 0 Å². The van der Waals surface area contributed by atoms with Crippen LogP contribution in [-0.2, 0) is 4.79 Å². The van der Waals surface area contributed by atoms with Crippen LogP contribution >= 0.6 is 12.2 Å². The van der Waals surface area contributed by atoms with E-state index in [1.165, 1.54) is 0 Å². The quantitative estimate of drug-likeness (QED) is 0.712. The van der Waals surface area contributed by atoms with Crippen LogP contribution in [0.15, 0.2) is 0 Å². The molecule has 0 spiro atoms. The van der Waals surface area contributed by atoms with Crippen molar-refractivity contribution in [1.29, 1.82) is 0 Å². The zero-order chi connectivity index (χ0) is 13.5. The van der Waals surface area contributed by atoms with E-state index < -0.39 is 0 Å². The Bertz CT molecular complexity index is 286. The van der Waals surface area contributed by atoms with E-state index in [1.54, 1.807) is 0 Å². The number of nitrogens with zero attached hydrogens (tertiary/aromatic N) is 1. The average molecular weight is 271 g/mol. The van der Waals surface area contributed by atoms with Crippen molar-refractivity contribution in [3.8, 4) is 0 Å². The fourth-order valence-corrected chi connectivity index (χ4v) is 2.37. The van der Waals surface area contributed by atoms with Gasteiger partial charge in [0.05, 0.1) is 11.5 Å². The molecule has 0 atom stereocenters. The van der Waals surface area contributed by atoms with Crippen molar-refractivity contribution < 1.29 is 4.79 Å². The van der Waals surface area contributed by atoms with Gasteiger partial charge in [0.15, 0.2) is 0 Å². The number of hydrogen-bond acceptors (Lipinski definition) is 3. The molecule has 1 rings (SSSR count). The van der Waals surface area contributed by atoms with Crippen LogP contribution < -0.4 is 11.1 Å². The first kappa shape index (κ1) is 15.4. The van der Waals surface area contributed by atoms with Crippen molar-refractivity contribution in [3.63, 3.8) is 0 Å². The van der Waals surface area contributed by atoms with Crippen molar-refractivity contribution >= 4 is 23.1 Å². The zero-order valence-electron chi connectivity index (χ0n) is 11.4. The maximum atomic E-state index is 11.7. The van der Waals surface area contributed by atoms with Crippen LogP contribution in [0.4, 0.5) is 0 Å². The second kappa shape index (κ2) is 7.69. The summed E-state index contributed by atoms with van der Waals surface area (Å²) in [7, 11) is 0. The highest BCUT2D eigenvalue weighted by atomic mass is 32.1. The lowest BCUT2D eigenvalue weighted by Gasteiger charge is -2.30. The largest absolute Gasteiger partial charge is 0.393 e. The highest BCUT2D eigenvalue weighted by Crippen LogP contribution is 2.16. The molecule has 1 saturated heterocycles. The molecule has 1 heterocycles. The molecular weight excluding hydrogens is 246 g/mol. The molecule has 3 N–H and O–H groups in total. The summed E-state index contributed by atoms with van der Waals surface area (Å²) in [6.07, 6.45) is 3.00. The number of hydrogen-bond donors (Lipinski definition) is 2. The van der Waals surface area contributed by atoms with Crippen LogP contribution in [0.5, 0.6) is 0 Å². The lowest BCUT2D eigenvalue weighted by atomic mass is 9.97. The summed E-state index contributed by atoms with van der Waals surface area (Å²) in [6, 6.07) is 0. The van der Waals surface area contributed by atoms with E-state index in [4.69, 9.17) is 18.0 Å². The first-order valence-corrected chi connectivity index (χ1v) is 7.18. The molecule has 18 heavy (non-hydrogen) atoms. The van der Waals surface area contributed by atoms with Gasteiger partial charge in [0.1, 0.15) is 0 Å². The normalized spacial score (nSPS) is 17.9. The number of likely N-dealkylation sites (tertiary alicyclic amines) is 1. The first-order chi connectivity index (χ1) is 8.49. The Kier molecular flexibility index (Phi) is 6.57. The van der Waals surface area contributed by atoms with Gasteiger partial charge in [-0.25, -0.2) is 0 Å². The molecule has 1 aliphatic rings. The van der Waals surface area contributed by atoms with E-state index in [1.807, 2.05) is 0 Å². The molecule has 5 heteroatoms. The molecule has 0 aromatic rings. The van der Waals surface area contributed by atoms with Gasteiger partial charge < -0.3 is 11.1 Å². The fraction of sp³-hybridized carbons (Fsp3) is 0.846. The summed E-state index contributed by atoms with van der Waals surface area (Å²) in [4.78, 5) is 14.5. The van der Waals surface area contributed by atoms with E-state index in [-0.39, 0.29) is 5.91 Å². The minimum Gasteiger partial charge on any atom is -0.393 e. The van der Waals surface area contributed by atoms with Crippen molar-refractivity contribution in [3.05, 3.63) is 0 Å². The minimum absolute atomic E-state index is 0.129. The number of nitrogens with one attached hydrogen (secondary N) is 1. The highest BCUT2D eigenvalue weighted by Gasteiger charge is 2.22. The smallest absolute Gasteiger partial charge is 0.234 e. The SMILES string of the molecule is CC(C)CCNC(=O)CN1CCC(C(N)=S)CC1. The predicted molar refractivity (Wildman–Crippen MR) is 78.4 cm³/mol. The third-order valence-corrected chi connectivity index (χ3v) is 3.73. The van der Waals surface area contributed by atoms with Crippen molar-refractivity contribution in [2.24, 2.45) is 17.6 Å². The van der Waals surface area contributed by atoms with Gasteiger partial charge in [-0.3, -0.25) is 9.69 Å². The molecule has 0 unspecified atom stereocenters. The molecule has 0 aliphatic carbocycles. The van der Waals surface area contributed by atoms with Crippen LogP contribution in [0.1, 0.15) is 33.1 Å². The minimum atomic E-state index is 0.129. The van der Waals surface area contributed by atoms with Crippen molar-refractivity contribution in [2.75, 3.05) is 26.2 Å². The van der Waals surface area contributed by atoms with Crippen LogP contribution in [0, 0.1) is 11.8 Å². The summed E-state index contributed by atoms with van der Waals surface area (Å²) in [5, 5.41) is 2.96. The fourth-order valence-electron chi connectivity index (χ4n) is 2.13. The standard InChI is InChI=1S/C13H25N3OS/c1-10(2)3-6-15-12(17)9-16-7-4-11(5-8-16)13(14)18/h10-11H,3-9H2,1-2H3,(H2,14,18)(H,15,17). The molecule has 104 valence electrons. The Hall–Kier alpha value is -0.680. The Morgan fingerprint density at radius 1 is 1.44 bits per heavy atom. The summed E-state index contributed by atoms with van der Waals surface area (Å²) in [5.74, 6) is 1.12. The predicted octanol–water partition coefficient (Wildman–Crippen LogP) is 1.15. The Morgan fingerprint density at radius 2 is 2.06 bits per heavy atom. The topological polar surface area (TPSA) is 58.4 Å². The lowest BCUT2D eigenvalue weighted by molar-refractivity contribution is -0.122. The summed E-state index contributed by atoms with van der Waals surface area (Å²) < 4.78 is 0. The number of carbonyl (C=O) groups excluding carboxylic acids is 1. The monoisotopic (exact) mass is 271 g/mol. The number of piperidine rings is 1. The van der Waals surface area contributed by atoms with Gasteiger partial charge in [-0.1, -0.05) is 26.1 Å². The van der Waals surface area contributed by atoms with Gasteiger partial charge in [0.2, 0.25) is 5.91 Å². The van der Waals surface area contributed by atoms with E-state index in [9.17, 15) is 4.79 Å². The first-order valence-electron chi connectivity index (χ1n) is 6.77. The third-order valence-electron chi connectivity index (χ3n) is 3.40. The molecule has 4 nitrogen and oxygen atoms in total. The third kappa shape index (κ3) is 5.78. The van der Waals surface area contributed by atoms with Crippen LogP contribution in [-0.4, -0.2) is 42.0 Å². The second-order valence-corrected chi connectivity index (χ2v) is 5.96. The van der Waals surface area contributed by atoms with Gasteiger partial charge in [-0.05, 0) is 38.3 Å². The van der Waals surface area contributed by atoms with Crippen LogP contribution in [0.3, 0.4) is 0 Å². The molecule has 1 amide bonds. The van der Waals surface area contributed by atoms with Crippen molar-refractivity contribution in [1.82, 2.24) is 10.2 Å². The maximum absolute atomic E-state index is 11.7. The van der Waals surface area contributed by atoms with E-state index in [0.717, 1.165) is 38.9 Å². The van der Waals surface area contributed by atoms with Gasteiger partial charge in [-0.2, -0.15) is 0 Å². The molecule has 0 aromatic carbocycles. The Balaban J connectivity index is 2.16. The number of carbonyl (C=O) groups is 1.